The largest absolute Gasteiger partial charge is 0.480 e. The summed E-state index contributed by atoms with van der Waals surface area (Å²) >= 11 is 0. The lowest BCUT2D eigenvalue weighted by Gasteiger charge is -2.24. The van der Waals surface area contributed by atoms with Crippen molar-refractivity contribution in [1.29, 1.82) is 0 Å². The van der Waals surface area contributed by atoms with Crippen LogP contribution in [0.25, 0.3) is 0 Å². The average molecular weight is 216 g/mol. The quantitative estimate of drug-likeness (QED) is 0.483. The molecule has 0 fully saturated rings. The molecule has 0 aliphatic heterocycles. The number of aliphatic carboxylic acids is 2. The number of hydrogen-bond donors (Lipinski definition) is 2. The summed E-state index contributed by atoms with van der Waals surface area (Å²) in [5.41, 5.74) is -1.57. The standard InChI is InChI=1S/C11H20O4/c1-3-5-6-8-11(7-4-2,9(12)13)10(14)15/h3-8H2,1-2H3,(H,12,13)(H,14,15). The third kappa shape index (κ3) is 3.53. The zero-order chi connectivity index (χ0) is 11.9. The van der Waals surface area contributed by atoms with Crippen LogP contribution in [0.1, 0.15) is 52.4 Å². The van der Waals surface area contributed by atoms with Gasteiger partial charge in [-0.1, -0.05) is 39.5 Å². The van der Waals surface area contributed by atoms with Crippen LogP contribution in [0.3, 0.4) is 0 Å². The van der Waals surface area contributed by atoms with Crippen molar-refractivity contribution in [3.8, 4) is 0 Å². The highest BCUT2D eigenvalue weighted by molar-refractivity contribution is 5.98. The van der Waals surface area contributed by atoms with E-state index in [2.05, 4.69) is 0 Å². The number of hydrogen-bond acceptors (Lipinski definition) is 2. The second-order valence-corrected chi connectivity index (χ2v) is 3.90. The highest BCUT2D eigenvalue weighted by Gasteiger charge is 2.44. The fourth-order valence-electron chi connectivity index (χ4n) is 1.75. The summed E-state index contributed by atoms with van der Waals surface area (Å²) in [6.45, 7) is 3.81. The average Bonchev–Trinajstić information content (AvgIpc) is 2.15. The molecular formula is C11H20O4. The predicted molar refractivity (Wildman–Crippen MR) is 56.8 cm³/mol. The molecule has 0 saturated carbocycles. The number of rotatable bonds is 8. The molecule has 4 heteroatoms. The number of carboxylic acid groups (broad SMARTS) is 2. The summed E-state index contributed by atoms with van der Waals surface area (Å²) < 4.78 is 0. The first-order chi connectivity index (χ1) is 7.01. The van der Waals surface area contributed by atoms with Crippen LogP contribution in [0.15, 0.2) is 0 Å². The highest BCUT2D eigenvalue weighted by atomic mass is 16.4. The molecule has 0 aromatic heterocycles. The number of unbranched alkanes of at least 4 members (excludes halogenated alkanes) is 2. The summed E-state index contributed by atoms with van der Waals surface area (Å²) in [5.74, 6) is -2.40. The molecule has 0 heterocycles. The van der Waals surface area contributed by atoms with Crippen LogP contribution in [-0.2, 0) is 9.59 Å². The number of carboxylic acids is 2. The molecule has 2 N–H and O–H groups in total. The van der Waals surface area contributed by atoms with Crippen LogP contribution < -0.4 is 0 Å². The molecule has 0 atom stereocenters. The van der Waals surface area contributed by atoms with E-state index in [1.54, 1.807) is 6.92 Å². The summed E-state index contributed by atoms with van der Waals surface area (Å²) in [6.07, 6.45) is 3.52. The highest BCUT2D eigenvalue weighted by Crippen LogP contribution is 2.31. The van der Waals surface area contributed by atoms with E-state index in [0.29, 0.717) is 12.8 Å². The van der Waals surface area contributed by atoms with Crippen molar-refractivity contribution in [2.45, 2.75) is 52.4 Å². The molecule has 15 heavy (non-hydrogen) atoms. The van der Waals surface area contributed by atoms with Gasteiger partial charge in [0.05, 0.1) is 0 Å². The van der Waals surface area contributed by atoms with E-state index >= 15 is 0 Å². The van der Waals surface area contributed by atoms with Gasteiger partial charge in [-0.3, -0.25) is 9.59 Å². The van der Waals surface area contributed by atoms with Crippen molar-refractivity contribution in [2.24, 2.45) is 5.41 Å². The zero-order valence-electron chi connectivity index (χ0n) is 9.45. The molecule has 0 aromatic rings. The van der Waals surface area contributed by atoms with Crippen LogP contribution in [0, 0.1) is 5.41 Å². The van der Waals surface area contributed by atoms with Gasteiger partial charge in [0.15, 0.2) is 5.41 Å². The molecule has 0 aliphatic carbocycles. The lowest BCUT2D eigenvalue weighted by atomic mass is 9.78. The maximum Gasteiger partial charge on any atom is 0.321 e. The minimum Gasteiger partial charge on any atom is -0.480 e. The van der Waals surface area contributed by atoms with Gasteiger partial charge in [0.2, 0.25) is 0 Å². The third-order valence-corrected chi connectivity index (χ3v) is 2.70. The fourth-order valence-corrected chi connectivity index (χ4v) is 1.75. The summed E-state index contributed by atoms with van der Waals surface area (Å²) in [5, 5.41) is 18.1. The second-order valence-electron chi connectivity index (χ2n) is 3.90. The van der Waals surface area contributed by atoms with E-state index in [0.717, 1.165) is 12.8 Å². The van der Waals surface area contributed by atoms with E-state index in [-0.39, 0.29) is 12.8 Å². The summed E-state index contributed by atoms with van der Waals surface area (Å²) in [4.78, 5) is 22.1. The van der Waals surface area contributed by atoms with E-state index in [9.17, 15) is 9.59 Å². The molecule has 0 aromatic carbocycles. The van der Waals surface area contributed by atoms with Gasteiger partial charge in [0.25, 0.3) is 0 Å². The van der Waals surface area contributed by atoms with Crippen LogP contribution in [0.5, 0.6) is 0 Å². The van der Waals surface area contributed by atoms with Gasteiger partial charge >= 0.3 is 11.9 Å². The molecule has 0 spiro atoms. The van der Waals surface area contributed by atoms with Gasteiger partial charge in [0, 0.05) is 0 Å². The maximum atomic E-state index is 11.1. The van der Waals surface area contributed by atoms with Crippen molar-refractivity contribution in [2.75, 3.05) is 0 Å². The van der Waals surface area contributed by atoms with Gasteiger partial charge in [-0.2, -0.15) is 0 Å². The molecule has 0 amide bonds. The van der Waals surface area contributed by atoms with E-state index < -0.39 is 17.4 Å². The Morgan fingerprint density at radius 1 is 0.933 bits per heavy atom. The minimum atomic E-state index is -1.57. The third-order valence-electron chi connectivity index (χ3n) is 2.70. The van der Waals surface area contributed by atoms with Crippen LogP contribution in [-0.4, -0.2) is 22.2 Å². The first-order valence-electron chi connectivity index (χ1n) is 5.48. The van der Waals surface area contributed by atoms with Gasteiger partial charge < -0.3 is 10.2 Å². The molecule has 0 radical (unpaired) electrons. The Balaban J connectivity index is 4.63. The molecule has 0 bridgehead atoms. The molecule has 4 nitrogen and oxygen atoms in total. The monoisotopic (exact) mass is 216 g/mol. The minimum absolute atomic E-state index is 0.210. The lowest BCUT2D eigenvalue weighted by molar-refractivity contribution is -0.166. The van der Waals surface area contributed by atoms with Crippen LogP contribution in [0.2, 0.25) is 0 Å². The Morgan fingerprint density at radius 2 is 1.47 bits per heavy atom. The molecule has 0 aliphatic rings. The Bertz CT molecular complexity index is 209. The van der Waals surface area contributed by atoms with Crippen molar-refractivity contribution in [3.05, 3.63) is 0 Å². The smallest absolute Gasteiger partial charge is 0.321 e. The normalized spacial score (nSPS) is 11.3. The van der Waals surface area contributed by atoms with E-state index in [1.165, 1.54) is 0 Å². The van der Waals surface area contributed by atoms with Gasteiger partial charge in [-0.15, -0.1) is 0 Å². The number of carbonyl (C=O) groups is 2. The van der Waals surface area contributed by atoms with Gasteiger partial charge in [0.1, 0.15) is 0 Å². The maximum absolute atomic E-state index is 11.1. The van der Waals surface area contributed by atoms with Crippen molar-refractivity contribution in [1.82, 2.24) is 0 Å². The molecule has 0 rings (SSSR count). The van der Waals surface area contributed by atoms with E-state index in [1.807, 2.05) is 6.92 Å². The molecule has 0 unspecified atom stereocenters. The summed E-state index contributed by atoms with van der Waals surface area (Å²) in [6, 6.07) is 0. The second kappa shape index (κ2) is 6.43. The first kappa shape index (κ1) is 13.9. The topological polar surface area (TPSA) is 74.6 Å². The van der Waals surface area contributed by atoms with Crippen LogP contribution >= 0.6 is 0 Å². The zero-order valence-corrected chi connectivity index (χ0v) is 9.45. The first-order valence-corrected chi connectivity index (χ1v) is 5.48. The van der Waals surface area contributed by atoms with Crippen LogP contribution in [0.4, 0.5) is 0 Å². The van der Waals surface area contributed by atoms with Crippen molar-refractivity contribution >= 4 is 11.9 Å². The van der Waals surface area contributed by atoms with Gasteiger partial charge in [-0.25, -0.2) is 0 Å². The molecule has 88 valence electrons. The lowest BCUT2D eigenvalue weighted by Crippen LogP contribution is -2.39. The Kier molecular flexibility index (Phi) is 5.97. The van der Waals surface area contributed by atoms with E-state index in [4.69, 9.17) is 10.2 Å². The fraction of sp³-hybridized carbons (Fsp3) is 0.818. The predicted octanol–water partition coefficient (Wildman–Crippen LogP) is 2.52. The molecule has 0 saturated heterocycles. The Morgan fingerprint density at radius 3 is 1.80 bits per heavy atom. The van der Waals surface area contributed by atoms with Crippen molar-refractivity contribution < 1.29 is 19.8 Å². The summed E-state index contributed by atoms with van der Waals surface area (Å²) in [7, 11) is 0. The SMILES string of the molecule is CCCCCC(CCC)(C(=O)O)C(=O)O. The van der Waals surface area contributed by atoms with Crippen molar-refractivity contribution in [3.63, 3.8) is 0 Å². The molecular weight excluding hydrogens is 196 g/mol. The van der Waals surface area contributed by atoms with Gasteiger partial charge in [-0.05, 0) is 12.8 Å². The Hall–Kier alpha value is -1.06. The Labute approximate surface area is 90.3 Å².